The standard InChI is InChI=1S/C22H21N3O5S/c1-13-5-2-3-6-15(13)19(26)25-18(17-7-4-8-31-17)16(20(27)28)10-22(25,21(29)30)9-14-11-23-12-24-14/h2-8,11-12,16,18H,9-10H2,1H3,(H,23,24)(H,27,28)(H,29,30). The number of carbonyl (C=O) groups excluding carboxylic acids is 1. The third kappa shape index (κ3) is 3.50. The van der Waals surface area contributed by atoms with E-state index < -0.39 is 35.3 Å². The van der Waals surface area contributed by atoms with Gasteiger partial charge in [-0.15, -0.1) is 11.3 Å². The molecule has 3 aromatic rings. The van der Waals surface area contributed by atoms with Gasteiger partial charge < -0.3 is 20.1 Å². The number of aromatic nitrogens is 2. The van der Waals surface area contributed by atoms with E-state index in [9.17, 15) is 24.6 Å². The first kappa shape index (κ1) is 20.8. The van der Waals surface area contributed by atoms with Crippen molar-refractivity contribution in [3.05, 3.63) is 76.0 Å². The van der Waals surface area contributed by atoms with Crippen molar-refractivity contribution in [1.29, 1.82) is 0 Å². The van der Waals surface area contributed by atoms with Crippen LogP contribution in [0.15, 0.2) is 54.3 Å². The molecule has 31 heavy (non-hydrogen) atoms. The molecule has 0 radical (unpaired) electrons. The molecule has 4 rings (SSSR count). The van der Waals surface area contributed by atoms with Gasteiger partial charge in [0.1, 0.15) is 5.54 Å². The summed E-state index contributed by atoms with van der Waals surface area (Å²) in [5.74, 6) is -3.93. The van der Waals surface area contributed by atoms with Crippen LogP contribution < -0.4 is 0 Å². The van der Waals surface area contributed by atoms with Crippen molar-refractivity contribution in [3.63, 3.8) is 0 Å². The molecule has 3 unspecified atom stereocenters. The second-order valence-corrected chi connectivity index (χ2v) is 8.67. The summed E-state index contributed by atoms with van der Waals surface area (Å²) in [5, 5.41) is 22.2. The van der Waals surface area contributed by atoms with Gasteiger partial charge in [-0.25, -0.2) is 9.78 Å². The van der Waals surface area contributed by atoms with Crippen LogP contribution in [0.25, 0.3) is 0 Å². The minimum absolute atomic E-state index is 0.0778. The second-order valence-electron chi connectivity index (χ2n) is 7.69. The SMILES string of the molecule is Cc1ccccc1C(=O)N1C(c2cccs2)C(C(=O)O)CC1(Cc1cnc[nH]1)C(=O)O. The van der Waals surface area contributed by atoms with Gasteiger partial charge >= 0.3 is 11.9 Å². The van der Waals surface area contributed by atoms with Crippen LogP contribution in [-0.2, 0) is 16.0 Å². The van der Waals surface area contributed by atoms with Gasteiger partial charge in [0.15, 0.2) is 0 Å². The lowest BCUT2D eigenvalue weighted by Crippen LogP contribution is -2.55. The van der Waals surface area contributed by atoms with E-state index in [1.165, 1.54) is 28.8 Å². The van der Waals surface area contributed by atoms with Crippen molar-refractivity contribution in [2.45, 2.75) is 31.3 Å². The van der Waals surface area contributed by atoms with E-state index in [0.29, 0.717) is 21.7 Å². The van der Waals surface area contributed by atoms with Crippen LogP contribution in [0.5, 0.6) is 0 Å². The molecule has 1 fully saturated rings. The Bertz CT molecular complexity index is 1110. The predicted molar refractivity (Wildman–Crippen MR) is 113 cm³/mol. The lowest BCUT2D eigenvalue weighted by Gasteiger charge is -2.38. The van der Waals surface area contributed by atoms with Crippen LogP contribution in [0.2, 0.25) is 0 Å². The molecule has 3 N–H and O–H groups in total. The molecule has 160 valence electrons. The van der Waals surface area contributed by atoms with E-state index in [1.54, 1.807) is 48.7 Å². The number of thiophene rings is 1. The number of hydrogen-bond donors (Lipinski definition) is 3. The van der Waals surface area contributed by atoms with Gasteiger partial charge in [0.05, 0.1) is 18.3 Å². The number of aromatic amines is 1. The van der Waals surface area contributed by atoms with Crippen molar-refractivity contribution in [2.24, 2.45) is 5.92 Å². The number of likely N-dealkylation sites (tertiary alicyclic amines) is 1. The molecular weight excluding hydrogens is 418 g/mol. The van der Waals surface area contributed by atoms with Gasteiger partial charge in [0.25, 0.3) is 5.91 Å². The number of aryl methyl sites for hydroxylation is 1. The number of carbonyl (C=O) groups is 3. The van der Waals surface area contributed by atoms with Gasteiger partial charge in [-0.1, -0.05) is 24.3 Å². The Morgan fingerprint density at radius 2 is 2.00 bits per heavy atom. The van der Waals surface area contributed by atoms with Crippen LogP contribution >= 0.6 is 11.3 Å². The monoisotopic (exact) mass is 439 g/mol. The maximum Gasteiger partial charge on any atom is 0.330 e. The van der Waals surface area contributed by atoms with Gasteiger partial charge in [0, 0.05) is 28.8 Å². The summed E-state index contributed by atoms with van der Waals surface area (Å²) in [5.41, 5.74) is -0.188. The molecule has 8 nitrogen and oxygen atoms in total. The number of nitrogens with zero attached hydrogens (tertiary/aromatic N) is 2. The molecule has 1 aromatic carbocycles. The first-order chi connectivity index (χ1) is 14.8. The highest BCUT2D eigenvalue weighted by Crippen LogP contribution is 2.50. The summed E-state index contributed by atoms with van der Waals surface area (Å²) < 4.78 is 0. The Balaban J connectivity index is 1.93. The van der Waals surface area contributed by atoms with E-state index >= 15 is 0 Å². The molecule has 2 aromatic heterocycles. The number of amides is 1. The highest BCUT2D eigenvalue weighted by atomic mass is 32.1. The molecule has 1 amide bonds. The smallest absolute Gasteiger partial charge is 0.330 e. The fourth-order valence-corrected chi connectivity index (χ4v) is 5.29. The topological polar surface area (TPSA) is 124 Å². The average Bonchev–Trinajstić information content (AvgIpc) is 3.48. The lowest BCUT2D eigenvalue weighted by molar-refractivity contribution is -0.149. The molecule has 0 bridgehead atoms. The fraction of sp³-hybridized carbons (Fsp3) is 0.273. The average molecular weight is 439 g/mol. The number of nitrogens with one attached hydrogen (secondary N) is 1. The Morgan fingerprint density at radius 1 is 1.23 bits per heavy atom. The van der Waals surface area contributed by atoms with Crippen molar-refractivity contribution < 1.29 is 24.6 Å². The predicted octanol–water partition coefficient (Wildman–Crippen LogP) is 3.13. The fourth-order valence-electron chi connectivity index (χ4n) is 4.41. The quantitative estimate of drug-likeness (QED) is 0.542. The molecule has 3 heterocycles. The van der Waals surface area contributed by atoms with Crippen LogP contribution in [0.1, 0.15) is 39.0 Å². The normalized spacial score (nSPS) is 23.1. The zero-order valence-corrected chi connectivity index (χ0v) is 17.5. The van der Waals surface area contributed by atoms with Gasteiger partial charge in [-0.05, 0) is 36.4 Å². The number of benzene rings is 1. The van der Waals surface area contributed by atoms with Crippen LogP contribution in [0, 0.1) is 12.8 Å². The first-order valence-corrected chi connectivity index (χ1v) is 10.6. The van der Waals surface area contributed by atoms with Crippen molar-refractivity contribution in [3.8, 4) is 0 Å². The zero-order valence-electron chi connectivity index (χ0n) is 16.7. The Hall–Kier alpha value is -3.46. The largest absolute Gasteiger partial charge is 0.481 e. The summed E-state index contributed by atoms with van der Waals surface area (Å²) in [4.78, 5) is 47.6. The molecule has 0 spiro atoms. The van der Waals surface area contributed by atoms with E-state index in [4.69, 9.17) is 0 Å². The number of hydrogen-bond acceptors (Lipinski definition) is 5. The van der Waals surface area contributed by atoms with Crippen molar-refractivity contribution in [2.75, 3.05) is 0 Å². The third-order valence-corrected chi connectivity index (χ3v) is 6.80. The maximum atomic E-state index is 13.8. The Kier molecular flexibility index (Phi) is 5.36. The van der Waals surface area contributed by atoms with E-state index in [0.717, 1.165) is 0 Å². The molecule has 9 heteroatoms. The van der Waals surface area contributed by atoms with Crippen molar-refractivity contribution >= 4 is 29.2 Å². The van der Waals surface area contributed by atoms with Crippen LogP contribution in [0.4, 0.5) is 0 Å². The number of aliphatic carboxylic acids is 2. The number of H-pyrrole nitrogens is 1. The summed E-state index contributed by atoms with van der Waals surface area (Å²) in [6.45, 7) is 1.77. The van der Waals surface area contributed by atoms with E-state index in [-0.39, 0.29) is 12.8 Å². The molecule has 1 saturated heterocycles. The first-order valence-electron chi connectivity index (χ1n) is 9.71. The van der Waals surface area contributed by atoms with Crippen LogP contribution in [0.3, 0.4) is 0 Å². The summed E-state index contributed by atoms with van der Waals surface area (Å²) in [6, 6.07) is 9.53. The number of rotatable bonds is 6. The van der Waals surface area contributed by atoms with Gasteiger partial charge in [-0.2, -0.15) is 0 Å². The molecule has 0 saturated carbocycles. The molecule has 3 atom stereocenters. The number of imidazole rings is 1. The summed E-state index contributed by atoms with van der Waals surface area (Å²) >= 11 is 1.31. The number of carboxylic acids is 2. The van der Waals surface area contributed by atoms with Gasteiger partial charge in [-0.3, -0.25) is 9.59 Å². The molecule has 1 aliphatic heterocycles. The van der Waals surface area contributed by atoms with Gasteiger partial charge in [0.2, 0.25) is 0 Å². The second kappa shape index (κ2) is 7.99. The minimum atomic E-state index is -1.75. The summed E-state index contributed by atoms with van der Waals surface area (Å²) in [6.07, 6.45) is 2.64. The van der Waals surface area contributed by atoms with E-state index in [1.807, 2.05) is 0 Å². The zero-order chi connectivity index (χ0) is 22.2. The highest BCUT2D eigenvalue weighted by molar-refractivity contribution is 7.10. The lowest BCUT2D eigenvalue weighted by atomic mass is 9.86. The molecular formula is C22H21N3O5S. The summed E-state index contributed by atoms with van der Waals surface area (Å²) in [7, 11) is 0. The minimum Gasteiger partial charge on any atom is -0.481 e. The third-order valence-electron chi connectivity index (χ3n) is 5.86. The van der Waals surface area contributed by atoms with Crippen molar-refractivity contribution in [1.82, 2.24) is 14.9 Å². The maximum absolute atomic E-state index is 13.8. The molecule has 0 aliphatic carbocycles. The Morgan fingerprint density at radius 3 is 2.58 bits per heavy atom. The Labute approximate surface area is 182 Å². The highest BCUT2D eigenvalue weighted by Gasteiger charge is 2.61. The molecule has 1 aliphatic rings. The van der Waals surface area contributed by atoms with Crippen LogP contribution in [-0.4, -0.2) is 48.5 Å². The van der Waals surface area contributed by atoms with E-state index in [2.05, 4.69) is 9.97 Å². The number of carboxylic acid groups (broad SMARTS) is 2.